The minimum atomic E-state index is 0.110. The van der Waals surface area contributed by atoms with E-state index < -0.39 is 0 Å². The van der Waals surface area contributed by atoms with Crippen molar-refractivity contribution in [3.8, 4) is 22.3 Å². The molecule has 0 saturated carbocycles. The van der Waals surface area contributed by atoms with Crippen molar-refractivity contribution in [3.63, 3.8) is 0 Å². The van der Waals surface area contributed by atoms with E-state index in [4.69, 9.17) is 0 Å². The molecule has 0 amide bonds. The summed E-state index contributed by atoms with van der Waals surface area (Å²) in [6.45, 7) is 12.0. The van der Waals surface area contributed by atoms with Crippen molar-refractivity contribution >= 4 is 38.6 Å². The largest absolute Gasteiger partial charge is 0.310 e. The van der Waals surface area contributed by atoms with Gasteiger partial charge in [0.05, 0.1) is 5.69 Å². The molecule has 0 fully saturated rings. The Morgan fingerprint density at radius 1 is 0.458 bits per heavy atom. The first-order valence-electron chi connectivity index (χ1n) is 17.3. The van der Waals surface area contributed by atoms with Gasteiger partial charge in [0.15, 0.2) is 0 Å². The number of nitrogens with zero attached hydrogens (tertiary/aromatic N) is 1. The number of rotatable bonds is 5. The molecule has 0 radical (unpaired) electrons. The third-order valence-corrected chi connectivity index (χ3v) is 10.8. The van der Waals surface area contributed by atoms with E-state index in [2.05, 4.69) is 185 Å². The van der Waals surface area contributed by atoms with Gasteiger partial charge in [0.1, 0.15) is 0 Å². The summed E-state index contributed by atoms with van der Waals surface area (Å²) in [6, 6.07) is 53.8. The van der Waals surface area contributed by atoms with Gasteiger partial charge in [-0.3, -0.25) is 0 Å². The number of benzene rings is 7. The van der Waals surface area contributed by atoms with Crippen LogP contribution in [0.2, 0.25) is 0 Å². The highest BCUT2D eigenvalue weighted by Gasteiger charge is 2.38. The van der Waals surface area contributed by atoms with Crippen LogP contribution in [0.25, 0.3) is 43.8 Å². The Balaban J connectivity index is 1.34. The first-order valence-corrected chi connectivity index (χ1v) is 17.3. The first kappa shape index (κ1) is 30.2. The lowest BCUT2D eigenvalue weighted by Gasteiger charge is -2.43. The molecule has 1 aliphatic rings. The van der Waals surface area contributed by atoms with Gasteiger partial charge >= 0.3 is 0 Å². The average Bonchev–Trinajstić information content (AvgIpc) is 3.11. The second-order valence-corrected chi connectivity index (χ2v) is 14.9. The highest BCUT2D eigenvalue weighted by Crippen LogP contribution is 2.50. The Morgan fingerprint density at radius 3 is 1.75 bits per heavy atom. The van der Waals surface area contributed by atoms with Crippen LogP contribution in [0.4, 0.5) is 17.1 Å². The molecule has 0 saturated heterocycles. The molecule has 236 valence electrons. The van der Waals surface area contributed by atoms with Gasteiger partial charge in [-0.15, -0.1) is 0 Å². The van der Waals surface area contributed by atoms with Gasteiger partial charge in [-0.05, 0) is 116 Å². The number of hydrogen-bond acceptors (Lipinski definition) is 1. The molecule has 1 heteroatoms. The minimum Gasteiger partial charge on any atom is -0.310 e. The molecule has 0 atom stereocenters. The summed E-state index contributed by atoms with van der Waals surface area (Å²) in [5, 5.41) is 5.14. The van der Waals surface area contributed by atoms with Crippen LogP contribution in [0.15, 0.2) is 146 Å². The highest BCUT2D eigenvalue weighted by atomic mass is 15.1. The fraction of sp³-hybridized carbons (Fsp3) is 0.191. The third kappa shape index (κ3) is 5.10. The van der Waals surface area contributed by atoms with E-state index in [9.17, 15) is 0 Å². The topological polar surface area (TPSA) is 3.24 Å². The van der Waals surface area contributed by atoms with Crippen LogP contribution in [-0.4, -0.2) is 0 Å². The number of para-hydroxylation sites is 1. The van der Waals surface area contributed by atoms with E-state index in [1.807, 2.05) is 0 Å². The molecule has 1 nitrogen and oxygen atoms in total. The summed E-state index contributed by atoms with van der Waals surface area (Å²) in [4.78, 5) is 2.50. The molecule has 48 heavy (non-hydrogen) atoms. The number of hydrogen-bond donors (Lipinski definition) is 0. The zero-order valence-electron chi connectivity index (χ0n) is 28.7. The zero-order chi connectivity index (χ0) is 33.0. The summed E-state index contributed by atoms with van der Waals surface area (Å²) in [5.41, 5.74) is 13.0. The number of fused-ring (bicyclic) bond motifs is 4. The van der Waals surface area contributed by atoms with Crippen LogP contribution >= 0.6 is 0 Å². The summed E-state index contributed by atoms with van der Waals surface area (Å²) >= 11 is 0. The molecule has 0 aromatic heterocycles. The molecular weight excluding hydrogens is 579 g/mol. The molecule has 0 N–H and O–H groups in total. The van der Waals surface area contributed by atoms with Crippen LogP contribution in [0.3, 0.4) is 0 Å². The molecule has 0 spiro atoms. The van der Waals surface area contributed by atoms with Crippen LogP contribution in [-0.2, 0) is 10.8 Å². The quantitative estimate of drug-likeness (QED) is 0.173. The second kappa shape index (κ2) is 11.5. The van der Waals surface area contributed by atoms with Crippen molar-refractivity contribution in [3.05, 3.63) is 162 Å². The van der Waals surface area contributed by atoms with Gasteiger partial charge in [0.2, 0.25) is 0 Å². The molecule has 8 rings (SSSR count). The zero-order valence-corrected chi connectivity index (χ0v) is 28.7. The van der Waals surface area contributed by atoms with Gasteiger partial charge in [-0.25, -0.2) is 0 Å². The highest BCUT2D eigenvalue weighted by molar-refractivity contribution is 6.13. The standard InChI is InChI=1S/C47H43N/c1-32-29-42-43(47(4,5)28-27-46(42,2)3)31-45(32)48(44-22-14-13-19-38(44)33-15-7-6-8-16-33)36-25-23-34(24-26-36)41-30-35-17-9-10-18-37(35)39-20-11-12-21-40(39)41/h6-26,29-31H,27-28H2,1-5H3. The van der Waals surface area contributed by atoms with Crippen LogP contribution in [0, 0.1) is 6.92 Å². The SMILES string of the molecule is Cc1cc2c(cc1N(c1ccc(-c3cc4ccccc4c4ccccc34)cc1)c1ccccc1-c1ccccc1)C(C)(C)CCC2(C)C. The summed E-state index contributed by atoms with van der Waals surface area (Å²) in [5.74, 6) is 0. The van der Waals surface area contributed by atoms with E-state index in [0.717, 1.165) is 5.69 Å². The number of anilines is 3. The first-order chi connectivity index (χ1) is 23.2. The summed E-state index contributed by atoms with van der Waals surface area (Å²) < 4.78 is 0. The van der Waals surface area contributed by atoms with Gasteiger partial charge < -0.3 is 4.90 Å². The predicted octanol–water partition coefficient (Wildman–Crippen LogP) is 13.5. The fourth-order valence-electron chi connectivity index (χ4n) is 7.97. The maximum atomic E-state index is 2.51. The number of aryl methyl sites for hydroxylation is 1. The smallest absolute Gasteiger partial charge is 0.0540 e. The van der Waals surface area contributed by atoms with Gasteiger partial charge in [0.25, 0.3) is 0 Å². The molecule has 0 aliphatic heterocycles. The second-order valence-electron chi connectivity index (χ2n) is 14.9. The van der Waals surface area contributed by atoms with E-state index in [-0.39, 0.29) is 10.8 Å². The van der Waals surface area contributed by atoms with E-state index in [0.29, 0.717) is 0 Å². The predicted molar refractivity (Wildman–Crippen MR) is 207 cm³/mol. The summed E-state index contributed by atoms with van der Waals surface area (Å²) in [7, 11) is 0. The maximum Gasteiger partial charge on any atom is 0.0540 e. The lowest BCUT2D eigenvalue weighted by atomic mass is 9.63. The van der Waals surface area contributed by atoms with Gasteiger partial charge in [-0.1, -0.05) is 143 Å². The summed E-state index contributed by atoms with van der Waals surface area (Å²) in [6.07, 6.45) is 2.39. The lowest BCUT2D eigenvalue weighted by Crippen LogP contribution is -2.34. The van der Waals surface area contributed by atoms with Crippen molar-refractivity contribution in [2.24, 2.45) is 0 Å². The minimum absolute atomic E-state index is 0.110. The van der Waals surface area contributed by atoms with Crippen molar-refractivity contribution in [2.75, 3.05) is 4.90 Å². The van der Waals surface area contributed by atoms with Crippen molar-refractivity contribution < 1.29 is 0 Å². The van der Waals surface area contributed by atoms with E-state index in [1.165, 1.54) is 84.7 Å². The normalized spacial score (nSPS) is 14.9. The molecular formula is C47H43N. The maximum absolute atomic E-state index is 2.51. The average molecular weight is 622 g/mol. The van der Waals surface area contributed by atoms with Crippen molar-refractivity contribution in [1.82, 2.24) is 0 Å². The van der Waals surface area contributed by atoms with Crippen LogP contribution < -0.4 is 4.90 Å². The molecule has 0 heterocycles. The van der Waals surface area contributed by atoms with E-state index in [1.54, 1.807) is 0 Å². The molecule has 1 aliphatic carbocycles. The van der Waals surface area contributed by atoms with Crippen molar-refractivity contribution in [1.29, 1.82) is 0 Å². The lowest BCUT2D eigenvalue weighted by molar-refractivity contribution is 0.332. The third-order valence-electron chi connectivity index (χ3n) is 10.8. The molecule has 7 aromatic rings. The van der Waals surface area contributed by atoms with E-state index >= 15 is 0 Å². The Bertz CT molecular complexity index is 2290. The Hall–Kier alpha value is -5.14. The molecule has 0 unspecified atom stereocenters. The monoisotopic (exact) mass is 621 g/mol. The Kier molecular flexibility index (Phi) is 7.26. The van der Waals surface area contributed by atoms with Crippen molar-refractivity contribution in [2.45, 2.75) is 58.3 Å². The Morgan fingerprint density at radius 2 is 1.02 bits per heavy atom. The Labute approximate surface area is 285 Å². The van der Waals surface area contributed by atoms with Gasteiger partial charge in [0, 0.05) is 16.9 Å². The van der Waals surface area contributed by atoms with Gasteiger partial charge in [-0.2, -0.15) is 0 Å². The fourth-order valence-corrected chi connectivity index (χ4v) is 7.97. The van der Waals surface area contributed by atoms with Crippen LogP contribution in [0.5, 0.6) is 0 Å². The van der Waals surface area contributed by atoms with Crippen LogP contribution in [0.1, 0.15) is 57.2 Å². The molecule has 7 aromatic carbocycles. The molecule has 0 bridgehead atoms.